The van der Waals surface area contributed by atoms with Crippen molar-refractivity contribution in [2.45, 2.75) is 19.0 Å². The third-order valence-corrected chi connectivity index (χ3v) is 4.79. The number of hydrogen-bond donors (Lipinski definition) is 2. The monoisotopic (exact) mass is 383 g/mol. The van der Waals surface area contributed by atoms with Crippen LogP contribution in [0.3, 0.4) is 0 Å². The van der Waals surface area contributed by atoms with E-state index in [9.17, 15) is 4.79 Å². The van der Waals surface area contributed by atoms with Crippen molar-refractivity contribution in [3.05, 3.63) is 53.6 Å². The van der Waals surface area contributed by atoms with Crippen LogP contribution in [0.2, 0.25) is 0 Å². The minimum absolute atomic E-state index is 0.133. The van der Waals surface area contributed by atoms with Crippen LogP contribution < -0.4 is 15.9 Å². The van der Waals surface area contributed by atoms with E-state index in [0.717, 1.165) is 22.4 Å². The molecule has 0 radical (unpaired) electrons. The second-order valence-electron chi connectivity index (χ2n) is 6.09. The Morgan fingerprint density at radius 3 is 2.59 bits per heavy atom. The van der Waals surface area contributed by atoms with Gasteiger partial charge in [-0.05, 0) is 49.2 Å². The lowest BCUT2D eigenvalue weighted by Gasteiger charge is -2.08. The number of para-hydroxylation sites is 1. The molecule has 1 heterocycles. The number of carbonyl (C=O) groups is 1. The Labute approximate surface area is 161 Å². The van der Waals surface area contributed by atoms with Gasteiger partial charge in [0.1, 0.15) is 5.75 Å². The molecular formula is C19H21N5O2S. The number of methoxy groups -OCH3 is 1. The smallest absolute Gasteiger partial charge is 0.234 e. The molecule has 0 spiro atoms. The molecule has 0 fully saturated rings. The molecule has 0 saturated carbocycles. The number of ether oxygens (including phenoxy) is 1. The van der Waals surface area contributed by atoms with Crippen molar-refractivity contribution < 1.29 is 9.53 Å². The molecular weight excluding hydrogens is 362 g/mol. The van der Waals surface area contributed by atoms with Gasteiger partial charge in [-0.25, -0.2) is 4.68 Å². The normalized spacial score (nSPS) is 10.6. The second kappa shape index (κ2) is 8.13. The van der Waals surface area contributed by atoms with Gasteiger partial charge in [-0.2, -0.15) is 0 Å². The summed E-state index contributed by atoms with van der Waals surface area (Å²) in [5.41, 5.74) is 3.71. The molecule has 0 aliphatic rings. The molecule has 7 nitrogen and oxygen atoms in total. The fraction of sp³-hybridized carbons (Fsp3) is 0.211. The van der Waals surface area contributed by atoms with Gasteiger partial charge in [0.25, 0.3) is 0 Å². The first-order valence-electron chi connectivity index (χ1n) is 8.32. The second-order valence-corrected chi connectivity index (χ2v) is 7.03. The van der Waals surface area contributed by atoms with E-state index in [1.165, 1.54) is 16.4 Å². The number of aromatic nitrogens is 3. The molecule has 0 saturated heterocycles. The minimum atomic E-state index is -0.133. The molecule has 3 rings (SSSR count). The number of nitrogens with one attached hydrogen (secondary N) is 1. The zero-order chi connectivity index (χ0) is 19.4. The van der Waals surface area contributed by atoms with Gasteiger partial charge >= 0.3 is 0 Å². The standard InChI is InChI=1S/C19H21N5O2S/c1-12-8-13(2)10-14(9-12)21-17(25)11-27-19-23-22-18(24(19)20)15-6-4-5-7-16(15)26-3/h4-10H,11,20H2,1-3H3,(H,21,25). The average molecular weight is 383 g/mol. The number of hydrogen-bond acceptors (Lipinski definition) is 6. The molecule has 1 amide bonds. The summed E-state index contributed by atoms with van der Waals surface area (Å²) in [5, 5.41) is 11.6. The molecule has 0 atom stereocenters. The minimum Gasteiger partial charge on any atom is -0.496 e. The third-order valence-electron chi connectivity index (χ3n) is 3.85. The van der Waals surface area contributed by atoms with Gasteiger partial charge in [-0.3, -0.25) is 4.79 Å². The number of rotatable bonds is 6. The van der Waals surface area contributed by atoms with Crippen LogP contribution in [0.1, 0.15) is 11.1 Å². The van der Waals surface area contributed by atoms with Crippen molar-refractivity contribution in [3.8, 4) is 17.1 Å². The molecule has 2 aromatic carbocycles. The number of nitrogens with two attached hydrogens (primary N) is 1. The molecule has 0 aliphatic heterocycles. The highest BCUT2D eigenvalue weighted by atomic mass is 32.2. The van der Waals surface area contributed by atoms with Crippen LogP contribution in [0.4, 0.5) is 5.69 Å². The van der Waals surface area contributed by atoms with Crippen molar-refractivity contribution >= 4 is 23.4 Å². The summed E-state index contributed by atoms with van der Waals surface area (Å²) >= 11 is 1.22. The molecule has 27 heavy (non-hydrogen) atoms. The number of benzene rings is 2. The summed E-state index contributed by atoms with van der Waals surface area (Å²) in [5.74, 6) is 7.29. The number of carbonyl (C=O) groups excluding carboxylic acids is 1. The first kappa shape index (κ1) is 18.8. The summed E-state index contributed by atoms with van der Waals surface area (Å²) in [6.07, 6.45) is 0. The fourth-order valence-electron chi connectivity index (χ4n) is 2.76. The van der Waals surface area contributed by atoms with Crippen LogP contribution >= 0.6 is 11.8 Å². The first-order valence-corrected chi connectivity index (χ1v) is 9.31. The van der Waals surface area contributed by atoms with Crippen LogP contribution in [0, 0.1) is 13.8 Å². The maximum Gasteiger partial charge on any atom is 0.234 e. The topological polar surface area (TPSA) is 95.1 Å². The summed E-state index contributed by atoms with van der Waals surface area (Å²) in [4.78, 5) is 12.2. The van der Waals surface area contributed by atoms with E-state index in [1.54, 1.807) is 7.11 Å². The summed E-state index contributed by atoms with van der Waals surface area (Å²) in [6, 6.07) is 13.3. The molecule has 0 bridgehead atoms. The number of thioether (sulfide) groups is 1. The Morgan fingerprint density at radius 1 is 1.19 bits per heavy atom. The van der Waals surface area contributed by atoms with Crippen molar-refractivity contribution in [3.63, 3.8) is 0 Å². The number of nitrogens with zero attached hydrogens (tertiary/aromatic N) is 3. The number of anilines is 1. The lowest BCUT2D eigenvalue weighted by atomic mass is 10.1. The fourth-order valence-corrected chi connectivity index (χ4v) is 3.42. The van der Waals surface area contributed by atoms with Crippen LogP contribution in [0.15, 0.2) is 47.6 Å². The van der Waals surface area contributed by atoms with Gasteiger partial charge in [-0.1, -0.05) is 30.0 Å². The van der Waals surface area contributed by atoms with E-state index in [2.05, 4.69) is 21.6 Å². The van der Waals surface area contributed by atoms with Gasteiger partial charge in [0, 0.05) is 5.69 Å². The van der Waals surface area contributed by atoms with Crippen LogP contribution in [0.5, 0.6) is 5.75 Å². The van der Waals surface area contributed by atoms with Crippen molar-refractivity contribution in [2.75, 3.05) is 24.0 Å². The van der Waals surface area contributed by atoms with E-state index < -0.39 is 0 Å². The number of nitrogen functional groups attached to an aromatic ring is 1. The zero-order valence-corrected chi connectivity index (χ0v) is 16.2. The predicted molar refractivity (Wildman–Crippen MR) is 107 cm³/mol. The molecule has 1 aromatic heterocycles. The van der Waals surface area contributed by atoms with E-state index in [4.69, 9.17) is 10.6 Å². The van der Waals surface area contributed by atoms with E-state index >= 15 is 0 Å². The first-order chi connectivity index (χ1) is 13.0. The molecule has 3 aromatic rings. The van der Waals surface area contributed by atoms with Gasteiger partial charge < -0.3 is 15.9 Å². The largest absolute Gasteiger partial charge is 0.496 e. The molecule has 3 N–H and O–H groups in total. The van der Waals surface area contributed by atoms with E-state index in [-0.39, 0.29) is 11.7 Å². The summed E-state index contributed by atoms with van der Waals surface area (Å²) in [6.45, 7) is 3.99. The Kier molecular flexibility index (Phi) is 5.66. The predicted octanol–water partition coefficient (Wildman–Crippen LogP) is 3.02. The van der Waals surface area contributed by atoms with Gasteiger partial charge in [0.15, 0.2) is 5.82 Å². The van der Waals surface area contributed by atoms with E-state index in [0.29, 0.717) is 16.7 Å². The molecule has 0 unspecified atom stereocenters. The Balaban J connectivity index is 1.68. The Hall–Kier alpha value is -3.00. The van der Waals surface area contributed by atoms with Crippen molar-refractivity contribution in [1.82, 2.24) is 14.9 Å². The average Bonchev–Trinajstić information content (AvgIpc) is 2.99. The van der Waals surface area contributed by atoms with Gasteiger partial charge in [0.2, 0.25) is 11.1 Å². The quantitative estimate of drug-likeness (QED) is 0.502. The molecule has 8 heteroatoms. The van der Waals surface area contributed by atoms with Gasteiger partial charge in [-0.15, -0.1) is 10.2 Å². The maximum absolute atomic E-state index is 12.2. The van der Waals surface area contributed by atoms with Crippen LogP contribution in [-0.2, 0) is 4.79 Å². The highest BCUT2D eigenvalue weighted by Crippen LogP contribution is 2.29. The van der Waals surface area contributed by atoms with Gasteiger partial charge in [0.05, 0.1) is 18.4 Å². The highest BCUT2D eigenvalue weighted by Gasteiger charge is 2.16. The van der Waals surface area contributed by atoms with E-state index in [1.807, 2.05) is 50.2 Å². The summed E-state index contributed by atoms with van der Waals surface area (Å²) < 4.78 is 6.71. The third kappa shape index (κ3) is 4.40. The lowest BCUT2D eigenvalue weighted by molar-refractivity contribution is -0.113. The summed E-state index contributed by atoms with van der Waals surface area (Å²) in [7, 11) is 1.59. The zero-order valence-electron chi connectivity index (χ0n) is 15.4. The maximum atomic E-state index is 12.2. The van der Waals surface area contributed by atoms with Crippen molar-refractivity contribution in [1.29, 1.82) is 0 Å². The van der Waals surface area contributed by atoms with Crippen molar-refractivity contribution in [2.24, 2.45) is 0 Å². The van der Waals surface area contributed by atoms with Crippen LogP contribution in [-0.4, -0.2) is 33.6 Å². The molecule has 140 valence electrons. The Bertz CT molecular complexity index is 950. The highest BCUT2D eigenvalue weighted by molar-refractivity contribution is 7.99. The molecule has 0 aliphatic carbocycles. The SMILES string of the molecule is COc1ccccc1-c1nnc(SCC(=O)Nc2cc(C)cc(C)c2)n1N. The number of amides is 1. The lowest BCUT2D eigenvalue weighted by Crippen LogP contribution is -2.16. The number of aryl methyl sites for hydroxylation is 2. The van der Waals surface area contributed by atoms with Crippen LogP contribution in [0.25, 0.3) is 11.4 Å². The Morgan fingerprint density at radius 2 is 1.89 bits per heavy atom.